The molecule has 0 aliphatic heterocycles. The first-order valence-electron chi connectivity index (χ1n) is 3.08. The van der Waals surface area contributed by atoms with Gasteiger partial charge in [0.05, 0.1) is 0 Å². The molecule has 0 heterocycles. The van der Waals surface area contributed by atoms with Gasteiger partial charge >= 0.3 is 0 Å². The second-order valence-corrected chi connectivity index (χ2v) is 3.73. The molecule has 1 aromatic carbocycles. The van der Waals surface area contributed by atoms with Crippen molar-refractivity contribution in [1.29, 1.82) is 0 Å². The van der Waals surface area contributed by atoms with E-state index in [1.54, 1.807) is 0 Å². The van der Waals surface area contributed by atoms with Crippen LogP contribution in [0.3, 0.4) is 0 Å². The van der Waals surface area contributed by atoms with E-state index in [1.807, 2.05) is 23.9 Å². The Labute approximate surface area is 74.2 Å². The lowest BCUT2D eigenvalue weighted by Crippen LogP contribution is -1.77. The zero-order valence-electron chi connectivity index (χ0n) is 5.51. The number of alkyl halides is 1. The molecule has 0 nitrogen and oxygen atoms in total. The van der Waals surface area contributed by atoms with Crippen LogP contribution in [0.25, 0.3) is 0 Å². The van der Waals surface area contributed by atoms with Crippen LogP contribution in [-0.2, 0) is 0 Å². The summed E-state index contributed by atoms with van der Waals surface area (Å²) in [4.78, 5) is 1.32. The molecule has 1 aromatic rings. The highest BCUT2D eigenvalue weighted by Gasteiger charge is 1.88. The van der Waals surface area contributed by atoms with Gasteiger partial charge in [-0.1, -0.05) is 28.1 Å². The minimum Gasteiger partial charge on any atom is -0.125 e. The number of rotatable bonds is 3. The zero-order chi connectivity index (χ0) is 7.23. The van der Waals surface area contributed by atoms with Gasteiger partial charge in [0.25, 0.3) is 0 Å². The van der Waals surface area contributed by atoms with E-state index in [0.717, 1.165) is 11.1 Å². The third kappa shape index (κ3) is 2.76. The molecular formula is C8H8BrS. The van der Waals surface area contributed by atoms with Gasteiger partial charge in [0.1, 0.15) is 0 Å². The normalized spacial score (nSPS) is 9.70. The first-order chi connectivity index (χ1) is 4.93. The van der Waals surface area contributed by atoms with Crippen LogP contribution in [0.4, 0.5) is 0 Å². The van der Waals surface area contributed by atoms with Gasteiger partial charge in [0, 0.05) is 16.0 Å². The predicted molar refractivity (Wildman–Crippen MR) is 49.8 cm³/mol. The fraction of sp³-hybridized carbons (Fsp3) is 0.250. The SMILES string of the molecule is BrCCSc1cc[c]cc1. The summed E-state index contributed by atoms with van der Waals surface area (Å²) in [7, 11) is 0. The van der Waals surface area contributed by atoms with Crippen LogP contribution in [0.5, 0.6) is 0 Å². The van der Waals surface area contributed by atoms with E-state index in [1.165, 1.54) is 4.90 Å². The summed E-state index contributed by atoms with van der Waals surface area (Å²) >= 11 is 5.23. The van der Waals surface area contributed by atoms with Crippen molar-refractivity contribution in [2.45, 2.75) is 4.90 Å². The Morgan fingerprint density at radius 2 is 2.10 bits per heavy atom. The molecule has 0 aromatic heterocycles. The summed E-state index contributed by atoms with van der Waals surface area (Å²) in [5, 5.41) is 1.05. The fourth-order valence-corrected chi connectivity index (χ4v) is 1.75. The molecule has 1 radical (unpaired) electrons. The number of benzene rings is 1. The predicted octanol–water partition coefficient (Wildman–Crippen LogP) is 2.97. The van der Waals surface area contributed by atoms with Crippen molar-refractivity contribution >= 4 is 27.7 Å². The molecule has 10 heavy (non-hydrogen) atoms. The average molecular weight is 216 g/mol. The summed E-state index contributed by atoms with van der Waals surface area (Å²) in [5.74, 6) is 1.13. The Morgan fingerprint density at radius 1 is 1.40 bits per heavy atom. The molecule has 0 saturated carbocycles. The molecule has 0 aliphatic rings. The van der Waals surface area contributed by atoms with Gasteiger partial charge in [-0.2, -0.15) is 0 Å². The molecule has 0 unspecified atom stereocenters. The van der Waals surface area contributed by atoms with Crippen molar-refractivity contribution in [3.05, 3.63) is 30.3 Å². The second kappa shape index (κ2) is 4.80. The van der Waals surface area contributed by atoms with Crippen molar-refractivity contribution in [2.75, 3.05) is 11.1 Å². The quantitative estimate of drug-likeness (QED) is 0.552. The minimum absolute atomic E-state index is 1.05. The van der Waals surface area contributed by atoms with Crippen molar-refractivity contribution in [3.63, 3.8) is 0 Å². The van der Waals surface area contributed by atoms with Crippen LogP contribution in [0.15, 0.2) is 29.2 Å². The maximum atomic E-state index is 3.38. The maximum Gasteiger partial charge on any atom is 0.0126 e. The summed E-state index contributed by atoms with van der Waals surface area (Å²) in [6.45, 7) is 0. The van der Waals surface area contributed by atoms with Crippen LogP contribution in [-0.4, -0.2) is 11.1 Å². The Balaban J connectivity index is 2.43. The Bertz CT molecular complexity index is 174. The van der Waals surface area contributed by atoms with Crippen molar-refractivity contribution in [3.8, 4) is 0 Å². The first-order valence-corrected chi connectivity index (χ1v) is 5.19. The van der Waals surface area contributed by atoms with Crippen molar-refractivity contribution < 1.29 is 0 Å². The van der Waals surface area contributed by atoms with E-state index in [9.17, 15) is 0 Å². The lowest BCUT2D eigenvalue weighted by Gasteiger charge is -1.95. The van der Waals surface area contributed by atoms with E-state index in [4.69, 9.17) is 0 Å². The molecule has 0 atom stereocenters. The minimum atomic E-state index is 1.05. The largest absolute Gasteiger partial charge is 0.125 e. The van der Waals surface area contributed by atoms with E-state index in [2.05, 4.69) is 34.1 Å². The number of halogens is 1. The average Bonchev–Trinajstić information content (AvgIpc) is 2.03. The van der Waals surface area contributed by atoms with Crippen LogP contribution < -0.4 is 0 Å². The lowest BCUT2D eigenvalue weighted by atomic mass is 10.4. The summed E-state index contributed by atoms with van der Waals surface area (Å²) in [5.41, 5.74) is 0. The summed E-state index contributed by atoms with van der Waals surface area (Å²) < 4.78 is 0. The van der Waals surface area contributed by atoms with Gasteiger partial charge in [-0.25, -0.2) is 0 Å². The highest BCUT2D eigenvalue weighted by molar-refractivity contribution is 9.09. The molecule has 0 N–H and O–H groups in total. The molecular weight excluding hydrogens is 208 g/mol. The highest BCUT2D eigenvalue weighted by atomic mass is 79.9. The molecule has 0 bridgehead atoms. The van der Waals surface area contributed by atoms with Crippen LogP contribution in [0.2, 0.25) is 0 Å². The van der Waals surface area contributed by atoms with Gasteiger partial charge < -0.3 is 0 Å². The fourth-order valence-electron chi connectivity index (χ4n) is 0.624. The topological polar surface area (TPSA) is 0 Å². The van der Waals surface area contributed by atoms with Crippen LogP contribution in [0, 0.1) is 6.07 Å². The molecule has 2 heteroatoms. The van der Waals surface area contributed by atoms with E-state index >= 15 is 0 Å². The van der Waals surface area contributed by atoms with Gasteiger partial charge in [-0.3, -0.25) is 0 Å². The van der Waals surface area contributed by atoms with Gasteiger partial charge in [0.2, 0.25) is 0 Å². The smallest absolute Gasteiger partial charge is 0.0126 e. The van der Waals surface area contributed by atoms with Gasteiger partial charge in [0.15, 0.2) is 0 Å². The van der Waals surface area contributed by atoms with Crippen LogP contribution >= 0.6 is 27.7 Å². The number of thioether (sulfide) groups is 1. The zero-order valence-corrected chi connectivity index (χ0v) is 7.91. The maximum absolute atomic E-state index is 3.38. The molecule has 53 valence electrons. The molecule has 0 fully saturated rings. The first kappa shape index (κ1) is 8.15. The van der Waals surface area contributed by atoms with E-state index < -0.39 is 0 Å². The van der Waals surface area contributed by atoms with Crippen molar-refractivity contribution in [1.82, 2.24) is 0 Å². The summed E-state index contributed by atoms with van der Waals surface area (Å²) in [6.07, 6.45) is 0. The molecule has 1 rings (SSSR count). The molecule has 0 aliphatic carbocycles. The lowest BCUT2D eigenvalue weighted by molar-refractivity contribution is 1.44. The Hall–Kier alpha value is 0.0500. The molecule has 0 spiro atoms. The standard InChI is InChI=1S/C8H8BrS/c9-6-7-10-8-4-2-1-3-5-8/h2-5H,6-7H2. The third-order valence-electron chi connectivity index (χ3n) is 1.03. The Kier molecular flexibility index (Phi) is 3.91. The van der Waals surface area contributed by atoms with Gasteiger partial charge in [-0.15, -0.1) is 11.8 Å². The summed E-state index contributed by atoms with van der Waals surface area (Å²) in [6, 6.07) is 11.0. The van der Waals surface area contributed by atoms with E-state index in [0.29, 0.717) is 0 Å². The second-order valence-electron chi connectivity index (χ2n) is 1.77. The third-order valence-corrected chi connectivity index (χ3v) is 2.97. The van der Waals surface area contributed by atoms with Gasteiger partial charge in [-0.05, 0) is 18.2 Å². The monoisotopic (exact) mass is 215 g/mol. The van der Waals surface area contributed by atoms with Crippen LogP contribution in [0.1, 0.15) is 0 Å². The molecule has 0 amide bonds. The number of hydrogen-bond acceptors (Lipinski definition) is 1. The Morgan fingerprint density at radius 3 is 2.70 bits per heavy atom. The molecule has 0 saturated heterocycles. The van der Waals surface area contributed by atoms with Crippen molar-refractivity contribution in [2.24, 2.45) is 0 Å². The highest BCUT2D eigenvalue weighted by Crippen LogP contribution is 2.16. The van der Waals surface area contributed by atoms with E-state index in [-0.39, 0.29) is 0 Å². The number of hydrogen-bond donors (Lipinski definition) is 0.